The first-order valence-electron chi connectivity index (χ1n) is 8.49. The fourth-order valence-electron chi connectivity index (χ4n) is 2.78. The molecule has 8 nitrogen and oxygen atoms in total. The molecule has 29 heavy (non-hydrogen) atoms. The second-order valence-corrected chi connectivity index (χ2v) is 7.73. The number of carbonyl (C=O) groups is 1. The topological polar surface area (TPSA) is 95.3 Å². The van der Waals surface area contributed by atoms with Crippen LogP contribution in [-0.4, -0.2) is 34.7 Å². The van der Waals surface area contributed by atoms with Crippen LogP contribution in [0.3, 0.4) is 0 Å². The quantitative estimate of drug-likeness (QED) is 0.507. The molecule has 0 atom stereocenters. The number of thiazole rings is 1. The molecule has 3 heterocycles. The molecule has 0 saturated carbocycles. The van der Waals surface area contributed by atoms with Crippen molar-refractivity contribution in [3.05, 3.63) is 51.7 Å². The molecule has 1 amide bonds. The molecule has 0 aliphatic carbocycles. The van der Waals surface area contributed by atoms with Crippen LogP contribution in [0.25, 0.3) is 21.5 Å². The Bertz CT molecular complexity index is 1240. The van der Waals surface area contributed by atoms with Gasteiger partial charge in [0.1, 0.15) is 11.4 Å². The molecular weight excluding hydrogens is 412 g/mol. The Balaban J connectivity index is 1.49. The molecule has 0 spiro atoms. The summed E-state index contributed by atoms with van der Waals surface area (Å²) in [6.07, 6.45) is 1.39. The van der Waals surface area contributed by atoms with Crippen molar-refractivity contribution in [2.24, 2.45) is 0 Å². The molecule has 148 valence electrons. The van der Waals surface area contributed by atoms with E-state index in [1.807, 2.05) is 17.5 Å². The van der Waals surface area contributed by atoms with Gasteiger partial charge >= 0.3 is 0 Å². The Labute approximate surface area is 173 Å². The van der Waals surface area contributed by atoms with Gasteiger partial charge in [-0.15, -0.1) is 22.7 Å². The molecule has 10 heteroatoms. The molecule has 0 aliphatic heterocycles. The number of benzene rings is 1. The number of ether oxygens (including phenoxy) is 2. The first kappa shape index (κ1) is 19.1. The Hall–Kier alpha value is -3.24. The van der Waals surface area contributed by atoms with E-state index in [0.717, 1.165) is 5.56 Å². The number of thiophene rings is 1. The summed E-state index contributed by atoms with van der Waals surface area (Å²) >= 11 is 2.69. The summed E-state index contributed by atoms with van der Waals surface area (Å²) in [5, 5.41) is 7.32. The number of nitrogens with zero attached hydrogens (tertiary/aromatic N) is 3. The predicted octanol–water partition coefficient (Wildman–Crippen LogP) is 3.24. The van der Waals surface area contributed by atoms with Crippen LogP contribution in [0.4, 0.5) is 5.13 Å². The highest BCUT2D eigenvalue weighted by atomic mass is 32.1. The van der Waals surface area contributed by atoms with Crippen molar-refractivity contribution in [2.75, 3.05) is 19.5 Å². The molecule has 4 aromatic rings. The zero-order valence-electron chi connectivity index (χ0n) is 15.5. The van der Waals surface area contributed by atoms with E-state index in [2.05, 4.69) is 15.3 Å². The van der Waals surface area contributed by atoms with Gasteiger partial charge in [-0.3, -0.25) is 14.2 Å². The lowest BCUT2D eigenvalue weighted by molar-refractivity contribution is -0.116. The predicted molar refractivity (Wildman–Crippen MR) is 113 cm³/mol. The van der Waals surface area contributed by atoms with Gasteiger partial charge < -0.3 is 14.8 Å². The van der Waals surface area contributed by atoms with Gasteiger partial charge in [-0.1, -0.05) is 0 Å². The number of fused-ring (bicyclic) bond motifs is 1. The van der Waals surface area contributed by atoms with Crippen LogP contribution in [0.15, 0.2) is 46.1 Å². The molecule has 0 unspecified atom stereocenters. The minimum Gasteiger partial charge on any atom is -0.493 e. The minimum absolute atomic E-state index is 0.136. The number of anilines is 1. The Morgan fingerprint density at radius 2 is 2.00 bits per heavy atom. The fourth-order valence-corrected chi connectivity index (χ4v) is 4.24. The molecule has 4 rings (SSSR count). The Morgan fingerprint density at radius 3 is 2.79 bits per heavy atom. The highest BCUT2D eigenvalue weighted by molar-refractivity contribution is 7.16. The molecule has 1 N–H and O–H groups in total. The van der Waals surface area contributed by atoms with E-state index in [4.69, 9.17) is 9.47 Å². The summed E-state index contributed by atoms with van der Waals surface area (Å²) in [5.41, 5.74) is 1.30. The number of methoxy groups -OCH3 is 2. The second kappa shape index (κ2) is 8.02. The number of hydrogen-bond acceptors (Lipinski definition) is 8. The third kappa shape index (κ3) is 3.84. The van der Waals surface area contributed by atoms with Crippen molar-refractivity contribution in [3.63, 3.8) is 0 Å². The first-order valence-corrected chi connectivity index (χ1v) is 10.3. The largest absolute Gasteiger partial charge is 0.493 e. The van der Waals surface area contributed by atoms with Crippen LogP contribution in [0.2, 0.25) is 0 Å². The van der Waals surface area contributed by atoms with Crippen molar-refractivity contribution in [3.8, 4) is 22.8 Å². The molecule has 3 aromatic heterocycles. The van der Waals surface area contributed by atoms with Crippen LogP contribution < -0.4 is 20.3 Å². The molecule has 0 fully saturated rings. The van der Waals surface area contributed by atoms with Gasteiger partial charge in [0.2, 0.25) is 5.91 Å². The van der Waals surface area contributed by atoms with Crippen LogP contribution in [0.1, 0.15) is 0 Å². The number of aromatic nitrogens is 3. The van der Waals surface area contributed by atoms with Gasteiger partial charge in [0.25, 0.3) is 5.56 Å². The van der Waals surface area contributed by atoms with Crippen molar-refractivity contribution in [1.29, 1.82) is 0 Å². The van der Waals surface area contributed by atoms with E-state index >= 15 is 0 Å². The summed E-state index contributed by atoms with van der Waals surface area (Å²) in [5.74, 6) is 0.873. The maximum Gasteiger partial charge on any atom is 0.262 e. The van der Waals surface area contributed by atoms with E-state index < -0.39 is 0 Å². The Kier molecular flexibility index (Phi) is 5.28. The average molecular weight is 428 g/mol. The normalized spacial score (nSPS) is 10.8. The van der Waals surface area contributed by atoms with Gasteiger partial charge in [-0.25, -0.2) is 9.97 Å². The SMILES string of the molecule is COc1ccc(-c2csc(NC(=O)Cn3cnc4sccc4c3=O)n2)cc1OC. The molecular formula is C19H16N4O4S2. The first-order chi connectivity index (χ1) is 14.1. The van der Waals surface area contributed by atoms with Crippen LogP contribution in [-0.2, 0) is 11.3 Å². The highest BCUT2D eigenvalue weighted by Crippen LogP contribution is 2.33. The molecule has 0 radical (unpaired) electrons. The second-order valence-electron chi connectivity index (χ2n) is 5.97. The lowest BCUT2D eigenvalue weighted by atomic mass is 10.1. The van der Waals surface area contributed by atoms with Crippen LogP contribution in [0, 0.1) is 0 Å². The minimum atomic E-state index is -0.350. The fraction of sp³-hybridized carbons (Fsp3) is 0.158. The summed E-state index contributed by atoms with van der Waals surface area (Å²) in [6, 6.07) is 7.19. The summed E-state index contributed by atoms with van der Waals surface area (Å²) in [4.78, 5) is 34.1. The van der Waals surface area contributed by atoms with Crippen molar-refractivity contribution >= 4 is 43.9 Å². The zero-order valence-corrected chi connectivity index (χ0v) is 17.2. The zero-order chi connectivity index (χ0) is 20.4. The van der Waals surface area contributed by atoms with E-state index in [1.54, 1.807) is 31.7 Å². The summed E-state index contributed by atoms with van der Waals surface area (Å²) in [7, 11) is 3.14. The highest BCUT2D eigenvalue weighted by Gasteiger charge is 2.13. The molecule has 0 aliphatic rings. The van der Waals surface area contributed by atoms with Crippen molar-refractivity contribution in [1.82, 2.24) is 14.5 Å². The van der Waals surface area contributed by atoms with Crippen molar-refractivity contribution < 1.29 is 14.3 Å². The number of amides is 1. The summed E-state index contributed by atoms with van der Waals surface area (Å²) < 4.78 is 11.8. The third-order valence-corrected chi connectivity index (χ3v) is 5.77. The van der Waals surface area contributed by atoms with E-state index in [-0.39, 0.29) is 18.0 Å². The third-order valence-electron chi connectivity index (χ3n) is 4.19. The lowest BCUT2D eigenvalue weighted by Crippen LogP contribution is -2.27. The smallest absolute Gasteiger partial charge is 0.262 e. The van der Waals surface area contributed by atoms with Gasteiger partial charge in [-0.05, 0) is 29.6 Å². The lowest BCUT2D eigenvalue weighted by Gasteiger charge is -2.08. The summed E-state index contributed by atoms with van der Waals surface area (Å²) in [6.45, 7) is -0.136. The number of rotatable bonds is 6. The van der Waals surface area contributed by atoms with E-state index in [9.17, 15) is 9.59 Å². The van der Waals surface area contributed by atoms with Crippen molar-refractivity contribution in [2.45, 2.75) is 6.54 Å². The van der Waals surface area contributed by atoms with Crippen LogP contribution in [0.5, 0.6) is 11.5 Å². The van der Waals surface area contributed by atoms with E-state index in [0.29, 0.717) is 32.5 Å². The maximum absolute atomic E-state index is 12.4. The Morgan fingerprint density at radius 1 is 1.17 bits per heavy atom. The van der Waals surface area contributed by atoms with Gasteiger partial charge in [-0.2, -0.15) is 0 Å². The number of nitrogens with one attached hydrogen (secondary N) is 1. The number of hydrogen-bond donors (Lipinski definition) is 1. The molecule has 1 aromatic carbocycles. The number of carbonyl (C=O) groups excluding carboxylic acids is 1. The monoisotopic (exact) mass is 428 g/mol. The maximum atomic E-state index is 12.4. The van der Waals surface area contributed by atoms with Gasteiger partial charge in [0.05, 0.1) is 31.6 Å². The molecule has 0 saturated heterocycles. The average Bonchev–Trinajstić information content (AvgIpc) is 3.39. The standard InChI is InChI=1S/C19H16N4O4S2/c1-26-14-4-3-11(7-15(14)27-2)13-9-29-19(21-13)22-16(24)8-23-10-20-17-12(18(23)25)5-6-28-17/h3-7,9-10H,8H2,1-2H3,(H,21,22,24). The van der Waals surface area contributed by atoms with Gasteiger partial charge in [0.15, 0.2) is 16.6 Å². The van der Waals surface area contributed by atoms with E-state index in [1.165, 1.54) is 33.6 Å². The van der Waals surface area contributed by atoms with Gasteiger partial charge in [0, 0.05) is 10.9 Å². The molecule has 0 bridgehead atoms. The van der Waals surface area contributed by atoms with Crippen LogP contribution >= 0.6 is 22.7 Å².